The van der Waals surface area contributed by atoms with Gasteiger partial charge in [0.2, 0.25) is 0 Å². The molecule has 1 saturated heterocycles. The number of hydrogen-bond donors (Lipinski definition) is 1. The van der Waals surface area contributed by atoms with Crippen LogP contribution in [-0.2, 0) is 30.0 Å². The highest BCUT2D eigenvalue weighted by molar-refractivity contribution is 6.74. The molecule has 2 rings (SSSR count). The minimum atomic E-state index is -2.49. The van der Waals surface area contributed by atoms with Gasteiger partial charge in [-0.15, -0.1) is 0 Å². The van der Waals surface area contributed by atoms with Crippen LogP contribution in [0.1, 0.15) is 33.3 Å². The predicted octanol–water partition coefficient (Wildman–Crippen LogP) is 5.33. The molecule has 0 saturated carbocycles. The van der Waals surface area contributed by atoms with Gasteiger partial charge in [-0.25, -0.2) is 4.79 Å². The zero-order valence-corrected chi connectivity index (χ0v) is 23.0. The van der Waals surface area contributed by atoms with Crippen LogP contribution in [0.4, 0.5) is 4.79 Å². The van der Waals surface area contributed by atoms with Gasteiger partial charge in [-0.1, -0.05) is 75.8 Å². The SMILES string of the molecule is C=CCOC(=O)O[C@@H]1[C@@H](N=[N+]=[N-])[C@H](O[Si](C)(C)C(C)(C)C(C)C)O[C@H](CO)[C@H]1OCc1ccccc1. The van der Waals surface area contributed by atoms with Crippen molar-refractivity contribution >= 4 is 14.5 Å². The van der Waals surface area contributed by atoms with E-state index in [1.54, 1.807) is 0 Å². The molecule has 36 heavy (non-hydrogen) atoms. The molecule has 0 aromatic heterocycles. The first kappa shape index (κ1) is 29.8. The molecule has 1 heterocycles. The molecule has 1 aliphatic rings. The standard InChI is InChI=1S/C25H39N3O7Si/c1-8-14-31-24(30)34-22-20(27-28-26)23(35-36(6,7)25(4,5)17(2)3)33-19(15-29)21(22)32-16-18-12-10-9-11-13-18/h8-13,17,19-23,29H,1,14-16H2,2-7H3/t19-,20-,21-,22-,23+/m1/s1. The lowest BCUT2D eigenvalue weighted by Crippen LogP contribution is -2.63. The topological polar surface area (TPSA) is 132 Å². The summed E-state index contributed by atoms with van der Waals surface area (Å²) < 4.78 is 29.4. The fourth-order valence-corrected chi connectivity index (χ4v) is 6.30. The van der Waals surface area contributed by atoms with Gasteiger partial charge in [-0.2, -0.15) is 0 Å². The molecule has 0 amide bonds. The van der Waals surface area contributed by atoms with E-state index in [0.29, 0.717) is 5.92 Å². The van der Waals surface area contributed by atoms with Crippen molar-refractivity contribution in [3.8, 4) is 0 Å². The van der Waals surface area contributed by atoms with E-state index in [1.165, 1.54) is 6.08 Å². The molecular weight excluding hydrogens is 482 g/mol. The average molecular weight is 522 g/mol. The molecule has 1 fully saturated rings. The first-order chi connectivity index (χ1) is 17.0. The number of benzene rings is 1. The van der Waals surface area contributed by atoms with E-state index in [2.05, 4.69) is 57.4 Å². The number of carbonyl (C=O) groups excluding carboxylic acids is 1. The van der Waals surface area contributed by atoms with Crippen LogP contribution in [0.15, 0.2) is 48.1 Å². The lowest BCUT2D eigenvalue weighted by atomic mass is 9.97. The Morgan fingerprint density at radius 2 is 1.97 bits per heavy atom. The van der Waals surface area contributed by atoms with Crippen LogP contribution in [0.3, 0.4) is 0 Å². The second-order valence-corrected chi connectivity index (χ2v) is 14.7. The maximum absolute atomic E-state index is 12.5. The van der Waals surface area contributed by atoms with E-state index in [1.807, 2.05) is 30.3 Å². The predicted molar refractivity (Wildman–Crippen MR) is 138 cm³/mol. The Balaban J connectivity index is 2.42. The first-order valence-corrected chi connectivity index (χ1v) is 15.0. The fourth-order valence-electron chi connectivity index (χ4n) is 3.83. The van der Waals surface area contributed by atoms with Gasteiger partial charge >= 0.3 is 6.16 Å². The minimum Gasteiger partial charge on any atom is -0.430 e. The monoisotopic (exact) mass is 521 g/mol. The van der Waals surface area contributed by atoms with Crippen molar-refractivity contribution in [3.05, 3.63) is 59.0 Å². The number of ether oxygens (including phenoxy) is 4. The van der Waals surface area contributed by atoms with E-state index in [-0.39, 0.29) is 18.3 Å². The van der Waals surface area contributed by atoms with E-state index >= 15 is 0 Å². The molecule has 1 aromatic carbocycles. The summed E-state index contributed by atoms with van der Waals surface area (Å²) in [4.78, 5) is 15.4. The maximum atomic E-state index is 12.5. The summed E-state index contributed by atoms with van der Waals surface area (Å²) in [5.74, 6) is 0.303. The third-order valence-corrected chi connectivity index (χ3v) is 11.7. The van der Waals surface area contributed by atoms with Crippen molar-refractivity contribution in [1.82, 2.24) is 0 Å². The fraction of sp³-hybridized carbons (Fsp3) is 0.640. The molecule has 0 spiro atoms. The smallest absolute Gasteiger partial charge is 0.430 e. The molecule has 200 valence electrons. The largest absolute Gasteiger partial charge is 0.508 e. The zero-order chi connectivity index (χ0) is 26.9. The van der Waals surface area contributed by atoms with Gasteiger partial charge in [0, 0.05) is 4.91 Å². The van der Waals surface area contributed by atoms with Gasteiger partial charge in [0.25, 0.3) is 0 Å². The van der Waals surface area contributed by atoms with E-state index in [0.717, 1.165) is 5.56 Å². The quantitative estimate of drug-likeness (QED) is 0.0981. The number of nitrogens with zero attached hydrogens (tertiary/aromatic N) is 3. The lowest BCUT2D eigenvalue weighted by Gasteiger charge is -2.49. The zero-order valence-electron chi connectivity index (χ0n) is 22.0. The highest BCUT2D eigenvalue weighted by Gasteiger charge is 2.53. The number of aliphatic hydroxyl groups is 1. The Morgan fingerprint density at radius 1 is 1.31 bits per heavy atom. The molecule has 10 nitrogen and oxygen atoms in total. The maximum Gasteiger partial charge on any atom is 0.508 e. The van der Waals surface area contributed by atoms with Crippen molar-refractivity contribution in [3.63, 3.8) is 0 Å². The van der Waals surface area contributed by atoms with Crippen molar-refractivity contribution in [2.75, 3.05) is 13.2 Å². The Labute approximate surface area is 214 Å². The van der Waals surface area contributed by atoms with Crippen LogP contribution in [-0.4, -0.2) is 63.4 Å². The molecule has 0 bridgehead atoms. The van der Waals surface area contributed by atoms with Gasteiger partial charge < -0.3 is 28.5 Å². The third kappa shape index (κ3) is 7.31. The molecule has 0 unspecified atom stereocenters. The van der Waals surface area contributed by atoms with E-state index in [4.69, 9.17) is 23.4 Å². The van der Waals surface area contributed by atoms with Crippen LogP contribution in [0, 0.1) is 5.92 Å². The molecule has 5 atom stereocenters. The average Bonchev–Trinajstić information content (AvgIpc) is 2.84. The van der Waals surface area contributed by atoms with Crippen molar-refractivity contribution < 1.29 is 33.3 Å². The summed E-state index contributed by atoms with van der Waals surface area (Å²) in [6.07, 6.45) is -3.64. The third-order valence-electron chi connectivity index (χ3n) is 7.22. The Kier molecular flexibility index (Phi) is 11.0. The van der Waals surface area contributed by atoms with Crippen molar-refractivity contribution in [2.45, 2.75) is 83.1 Å². The molecule has 1 aromatic rings. The summed E-state index contributed by atoms with van der Waals surface area (Å²) in [5.41, 5.74) is 10.2. The second-order valence-electron chi connectivity index (χ2n) is 10.1. The second kappa shape index (κ2) is 13.2. The van der Waals surface area contributed by atoms with E-state index in [9.17, 15) is 15.4 Å². The van der Waals surface area contributed by atoms with Gasteiger partial charge in [0.05, 0.1) is 13.2 Å². The molecule has 1 N–H and O–H groups in total. The van der Waals surface area contributed by atoms with Crippen LogP contribution in [0.2, 0.25) is 18.1 Å². The summed E-state index contributed by atoms with van der Waals surface area (Å²) >= 11 is 0. The lowest BCUT2D eigenvalue weighted by molar-refractivity contribution is -0.257. The molecule has 0 aliphatic carbocycles. The highest BCUT2D eigenvalue weighted by atomic mass is 28.4. The number of rotatable bonds is 12. The minimum absolute atomic E-state index is 0.0599. The molecule has 11 heteroatoms. The number of azide groups is 1. The summed E-state index contributed by atoms with van der Waals surface area (Å²) in [5, 5.41) is 13.9. The summed E-state index contributed by atoms with van der Waals surface area (Å²) in [7, 11) is -2.49. The normalized spacial score (nSPS) is 24.6. The Hall–Kier alpha value is -2.40. The number of hydrogen-bond acceptors (Lipinski definition) is 8. The highest BCUT2D eigenvalue weighted by Crippen LogP contribution is 2.46. The van der Waals surface area contributed by atoms with Crippen LogP contribution in [0.5, 0.6) is 0 Å². The Bertz CT molecular complexity index is 906. The van der Waals surface area contributed by atoms with Crippen LogP contribution < -0.4 is 0 Å². The first-order valence-electron chi connectivity index (χ1n) is 12.1. The molecule has 1 aliphatic heterocycles. The van der Waals surface area contributed by atoms with E-state index < -0.39 is 51.7 Å². The van der Waals surface area contributed by atoms with Gasteiger partial charge in [-0.05, 0) is 35.1 Å². The summed E-state index contributed by atoms with van der Waals surface area (Å²) in [6.45, 7) is 15.8. The van der Waals surface area contributed by atoms with Crippen LogP contribution in [0.25, 0.3) is 10.4 Å². The molecular formula is C25H39N3O7Si. The van der Waals surface area contributed by atoms with Gasteiger partial charge in [-0.3, -0.25) is 0 Å². The number of aliphatic hydroxyl groups excluding tert-OH is 1. The van der Waals surface area contributed by atoms with Gasteiger partial charge in [0.15, 0.2) is 14.6 Å². The van der Waals surface area contributed by atoms with Crippen LogP contribution >= 0.6 is 0 Å². The Morgan fingerprint density at radius 3 is 2.53 bits per heavy atom. The van der Waals surface area contributed by atoms with Crippen molar-refractivity contribution in [2.24, 2.45) is 11.0 Å². The van der Waals surface area contributed by atoms with Crippen molar-refractivity contribution in [1.29, 1.82) is 0 Å². The molecule has 0 radical (unpaired) electrons. The number of carbonyl (C=O) groups is 1. The summed E-state index contributed by atoms with van der Waals surface area (Å²) in [6, 6.07) is 8.31. The van der Waals surface area contributed by atoms with Gasteiger partial charge in [0.1, 0.15) is 31.0 Å².